The molecule has 0 radical (unpaired) electrons. The van der Waals surface area contributed by atoms with Crippen LogP contribution in [0.1, 0.15) is 31.4 Å². The lowest BCUT2D eigenvalue weighted by Gasteiger charge is -2.35. The molecule has 0 spiro atoms. The van der Waals surface area contributed by atoms with Crippen LogP contribution >= 0.6 is 0 Å². The number of nitrogens with two attached hydrogens (primary N) is 1. The molecule has 2 atom stereocenters. The number of β-amino-alcohol motifs (C(OH)–C–C–N with tert-alkyl or cyclic N) is 1. The van der Waals surface area contributed by atoms with Crippen molar-refractivity contribution < 1.29 is 5.11 Å². The summed E-state index contributed by atoms with van der Waals surface area (Å²) in [5.74, 6) is 0. The minimum atomic E-state index is -0.248. The van der Waals surface area contributed by atoms with Gasteiger partial charge in [0.05, 0.1) is 6.10 Å². The van der Waals surface area contributed by atoms with Gasteiger partial charge in [0.25, 0.3) is 0 Å². The Bertz CT molecular complexity index is 354. The summed E-state index contributed by atoms with van der Waals surface area (Å²) in [6.45, 7) is 3.65. The minimum absolute atomic E-state index is 0.145. The molecule has 1 aromatic carbocycles. The van der Waals surface area contributed by atoms with E-state index in [0.717, 1.165) is 19.4 Å². The maximum Gasteiger partial charge on any atom is 0.0712 e. The largest absolute Gasteiger partial charge is 0.391 e. The van der Waals surface area contributed by atoms with Crippen LogP contribution in [0.4, 0.5) is 5.69 Å². The molecular weight excluding hydrogens is 200 g/mol. The van der Waals surface area contributed by atoms with Gasteiger partial charge in [0, 0.05) is 24.8 Å². The third-order valence-corrected chi connectivity index (χ3v) is 3.29. The number of para-hydroxylation sites is 1. The first-order chi connectivity index (χ1) is 7.72. The van der Waals surface area contributed by atoms with Gasteiger partial charge in [-0.15, -0.1) is 0 Å². The van der Waals surface area contributed by atoms with Crippen LogP contribution in [0, 0.1) is 0 Å². The van der Waals surface area contributed by atoms with Crippen LogP contribution in [0.2, 0.25) is 0 Å². The van der Waals surface area contributed by atoms with Gasteiger partial charge in [-0.3, -0.25) is 0 Å². The van der Waals surface area contributed by atoms with Crippen LogP contribution in [0.15, 0.2) is 24.3 Å². The Morgan fingerprint density at radius 3 is 3.00 bits per heavy atom. The molecule has 0 saturated heterocycles. The summed E-state index contributed by atoms with van der Waals surface area (Å²) in [4.78, 5) is 2.24. The van der Waals surface area contributed by atoms with E-state index in [1.165, 1.54) is 11.3 Å². The van der Waals surface area contributed by atoms with Crippen LogP contribution in [0.25, 0.3) is 0 Å². The van der Waals surface area contributed by atoms with Crippen molar-refractivity contribution in [3.8, 4) is 0 Å². The molecule has 3 N–H and O–H groups in total. The Balaban J connectivity index is 2.21. The zero-order valence-corrected chi connectivity index (χ0v) is 9.76. The average molecular weight is 220 g/mol. The van der Waals surface area contributed by atoms with Crippen molar-refractivity contribution in [2.45, 2.75) is 31.9 Å². The smallest absolute Gasteiger partial charge is 0.0712 e. The molecule has 1 aromatic rings. The lowest BCUT2D eigenvalue weighted by Crippen LogP contribution is -2.38. The van der Waals surface area contributed by atoms with Gasteiger partial charge in [-0.25, -0.2) is 0 Å². The number of aliphatic hydroxyl groups excluding tert-OH is 1. The molecule has 1 heterocycles. The normalized spacial score (nSPS) is 21.7. The zero-order valence-electron chi connectivity index (χ0n) is 9.76. The average Bonchev–Trinajstić information content (AvgIpc) is 2.33. The number of benzene rings is 1. The quantitative estimate of drug-likeness (QED) is 0.814. The lowest BCUT2D eigenvalue weighted by molar-refractivity contribution is 0.174. The number of anilines is 1. The molecule has 0 aliphatic carbocycles. The highest BCUT2D eigenvalue weighted by Gasteiger charge is 2.22. The summed E-state index contributed by atoms with van der Waals surface area (Å²) in [5.41, 5.74) is 8.48. The Morgan fingerprint density at radius 1 is 1.50 bits per heavy atom. The summed E-state index contributed by atoms with van der Waals surface area (Å²) in [6, 6.07) is 8.38. The third-order valence-electron chi connectivity index (χ3n) is 3.29. The summed E-state index contributed by atoms with van der Waals surface area (Å²) in [7, 11) is 0. The molecule has 0 fully saturated rings. The molecule has 88 valence electrons. The first kappa shape index (κ1) is 11.4. The second kappa shape index (κ2) is 4.85. The molecule has 0 amide bonds. The zero-order chi connectivity index (χ0) is 11.5. The van der Waals surface area contributed by atoms with Crippen molar-refractivity contribution in [3.05, 3.63) is 29.8 Å². The number of hydrogen-bond donors (Lipinski definition) is 2. The molecule has 2 unspecified atom stereocenters. The Hall–Kier alpha value is -1.06. The number of hydrogen-bond acceptors (Lipinski definition) is 3. The maximum atomic E-state index is 9.73. The van der Waals surface area contributed by atoms with E-state index in [4.69, 9.17) is 5.73 Å². The van der Waals surface area contributed by atoms with Crippen molar-refractivity contribution in [2.75, 3.05) is 18.0 Å². The molecule has 1 aliphatic rings. The van der Waals surface area contributed by atoms with E-state index >= 15 is 0 Å². The SMILES string of the molecule is CCC(O)CN1CCC(N)c2ccccc21. The minimum Gasteiger partial charge on any atom is -0.391 e. The second-order valence-corrected chi connectivity index (χ2v) is 4.46. The molecule has 3 heteroatoms. The van der Waals surface area contributed by atoms with Gasteiger partial charge in [-0.2, -0.15) is 0 Å². The monoisotopic (exact) mass is 220 g/mol. The van der Waals surface area contributed by atoms with Crippen LogP contribution in [-0.2, 0) is 0 Å². The van der Waals surface area contributed by atoms with Gasteiger partial charge in [0.15, 0.2) is 0 Å². The van der Waals surface area contributed by atoms with Crippen molar-refractivity contribution in [1.82, 2.24) is 0 Å². The van der Waals surface area contributed by atoms with Gasteiger partial charge < -0.3 is 15.7 Å². The van der Waals surface area contributed by atoms with Crippen LogP contribution in [0.3, 0.4) is 0 Å². The fourth-order valence-corrected chi connectivity index (χ4v) is 2.23. The summed E-state index contributed by atoms with van der Waals surface area (Å²) in [6.07, 6.45) is 1.51. The fraction of sp³-hybridized carbons (Fsp3) is 0.538. The number of nitrogens with zero attached hydrogens (tertiary/aromatic N) is 1. The highest BCUT2D eigenvalue weighted by molar-refractivity contribution is 5.56. The number of fused-ring (bicyclic) bond motifs is 1. The summed E-state index contributed by atoms with van der Waals surface area (Å²) in [5, 5.41) is 9.73. The molecule has 16 heavy (non-hydrogen) atoms. The summed E-state index contributed by atoms with van der Waals surface area (Å²) >= 11 is 0. The van der Waals surface area contributed by atoms with Gasteiger partial charge in [-0.05, 0) is 24.5 Å². The maximum absolute atomic E-state index is 9.73. The van der Waals surface area contributed by atoms with Crippen LogP contribution in [0.5, 0.6) is 0 Å². The van der Waals surface area contributed by atoms with Crippen molar-refractivity contribution in [1.29, 1.82) is 0 Å². The Kier molecular flexibility index (Phi) is 3.46. The van der Waals surface area contributed by atoms with E-state index in [1.807, 2.05) is 19.1 Å². The fourth-order valence-electron chi connectivity index (χ4n) is 2.23. The first-order valence-electron chi connectivity index (χ1n) is 6.00. The third kappa shape index (κ3) is 2.20. The Labute approximate surface area is 96.9 Å². The molecular formula is C13H20N2O. The van der Waals surface area contributed by atoms with E-state index in [2.05, 4.69) is 17.0 Å². The predicted molar refractivity (Wildman–Crippen MR) is 66.5 cm³/mol. The van der Waals surface area contributed by atoms with Gasteiger partial charge >= 0.3 is 0 Å². The Morgan fingerprint density at radius 2 is 2.25 bits per heavy atom. The van der Waals surface area contributed by atoms with Crippen LogP contribution < -0.4 is 10.6 Å². The summed E-state index contributed by atoms with van der Waals surface area (Å²) < 4.78 is 0. The van der Waals surface area contributed by atoms with E-state index in [-0.39, 0.29) is 12.1 Å². The topological polar surface area (TPSA) is 49.5 Å². The van der Waals surface area contributed by atoms with Crippen molar-refractivity contribution in [2.24, 2.45) is 5.73 Å². The molecule has 0 bridgehead atoms. The van der Waals surface area contributed by atoms with Crippen molar-refractivity contribution >= 4 is 5.69 Å². The second-order valence-electron chi connectivity index (χ2n) is 4.46. The van der Waals surface area contributed by atoms with Crippen molar-refractivity contribution in [3.63, 3.8) is 0 Å². The molecule has 0 aromatic heterocycles. The number of aliphatic hydroxyl groups is 1. The van der Waals surface area contributed by atoms with E-state index < -0.39 is 0 Å². The van der Waals surface area contributed by atoms with Gasteiger partial charge in [0.1, 0.15) is 0 Å². The molecule has 0 saturated carbocycles. The molecule has 1 aliphatic heterocycles. The van der Waals surface area contributed by atoms with Gasteiger partial charge in [-0.1, -0.05) is 25.1 Å². The highest BCUT2D eigenvalue weighted by atomic mass is 16.3. The molecule has 3 nitrogen and oxygen atoms in total. The predicted octanol–water partition coefficient (Wildman–Crippen LogP) is 1.67. The number of rotatable bonds is 3. The van der Waals surface area contributed by atoms with E-state index in [1.54, 1.807) is 0 Å². The highest BCUT2D eigenvalue weighted by Crippen LogP contribution is 2.32. The standard InChI is InChI=1S/C13H20N2O/c1-2-10(16)9-15-8-7-12(14)11-5-3-4-6-13(11)15/h3-6,10,12,16H,2,7-9,14H2,1H3. The van der Waals surface area contributed by atoms with Gasteiger partial charge in [0.2, 0.25) is 0 Å². The molecule has 2 rings (SSSR count). The lowest BCUT2D eigenvalue weighted by atomic mass is 9.97. The first-order valence-corrected chi connectivity index (χ1v) is 6.00. The van der Waals surface area contributed by atoms with E-state index in [9.17, 15) is 5.11 Å². The van der Waals surface area contributed by atoms with E-state index in [0.29, 0.717) is 6.54 Å². The van der Waals surface area contributed by atoms with Crippen LogP contribution in [-0.4, -0.2) is 24.3 Å².